The van der Waals surface area contributed by atoms with Crippen LogP contribution in [0.15, 0.2) is 17.0 Å². The molecule has 0 fully saturated rings. The first-order chi connectivity index (χ1) is 8.16. The molecular weight excluding hydrogens is 252 g/mol. The van der Waals surface area contributed by atoms with E-state index in [0.717, 1.165) is 15.4 Å². The monoisotopic (exact) mass is 270 g/mol. The van der Waals surface area contributed by atoms with Gasteiger partial charge in [-0.3, -0.25) is 4.79 Å². The number of nitrogens with one attached hydrogen (secondary N) is 1. The SMILES string of the molecule is CC(=O)Nc1cc(S(=O)(=O)N(C)C)cc(C)c1C. The van der Waals surface area contributed by atoms with Crippen LogP contribution in [0.3, 0.4) is 0 Å². The molecule has 1 aromatic carbocycles. The van der Waals surface area contributed by atoms with Crippen molar-refractivity contribution in [3.63, 3.8) is 0 Å². The van der Waals surface area contributed by atoms with Gasteiger partial charge >= 0.3 is 0 Å². The van der Waals surface area contributed by atoms with Crippen LogP contribution < -0.4 is 5.32 Å². The van der Waals surface area contributed by atoms with Crippen LogP contribution in [-0.4, -0.2) is 32.7 Å². The van der Waals surface area contributed by atoms with E-state index >= 15 is 0 Å². The second-order valence-electron chi connectivity index (χ2n) is 4.38. The molecule has 1 N–H and O–H groups in total. The van der Waals surface area contributed by atoms with Crippen LogP contribution in [0.4, 0.5) is 5.69 Å². The van der Waals surface area contributed by atoms with E-state index in [-0.39, 0.29) is 10.8 Å². The molecule has 0 bridgehead atoms. The van der Waals surface area contributed by atoms with E-state index in [4.69, 9.17) is 0 Å². The molecule has 0 aliphatic heterocycles. The van der Waals surface area contributed by atoms with E-state index < -0.39 is 10.0 Å². The number of sulfonamides is 1. The van der Waals surface area contributed by atoms with Gasteiger partial charge in [0.25, 0.3) is 0 Å². The van der Waals surface area contributed by atoms with Gasteiger partial charge in [0.05, 0.1) is 4.90 Å². The van der Waals surface area contributed by atoms with Crippen molar-refractivity contribution in [2.75, 3.05) is 19.4 Å². The summed E-state index contributed by atoms with van der Waals surface area (Å²) in [5.41, 5.74) is 2.22. The summed E-state index contributed by atoms with van der Waals surface area (Å²) in [6.45, 7) is 5.05. The van der Waals surface area contributed by atoms with E-state index in [0.29, 0.717) is 5.69 Å². The van der Waals surface area contributed by atoms with E-state index in [1.54, 1.807) is 6.07 Å². The molecule has 0 spiro atoms. The maximum absolute atomic E-state index is 12.0. The highest BCUT2D eigenvalue weighted by atomic mass is 32.2. The topological polar surface area (TPSA) is 66.5 Å². The van der Waals surface area contributed by atoms with Gasteiger partial charge < -0.3 is 5.32 Å². The normalized spacial score (nSPS) is 11.7. The van der Waals surface area contributed by atoms with Gasteiger partial charge in [0.15, 0.2) is 0 Å². The highest BCUT2D eigenvalue weighted by Crippen LogP contribution is 2.25. The summed E-state index contributed by atoms with van der Waals surface area (Å²) in [6.07, 6.45) is 0. The number of carbonyl (C=O) groups is 1. The summed E-state index contributed by atoms with van der Waals surface area (Å²) in [7, 11) is -0.543. The third-order valence-electron chi connectivity index (χ3n) is 2.73. The molecule has 0 saturated heterocycles. The Morgan fingerprint density at radius 1 is 1.22 bits per heavy atom. The zero-order chi connectivity index (χ0) is 14.1. The number of benzene rings is 1. The lowest BCUT2D eigenvalue weighted by Gasteiger charge is -2.15. The Balaban J connectivity index is 3.42. The van der Waals surface area contributed by atoms with Gasteiger partial charge in [-0.1, -0.05) is 0 Å². The highest BCUT2D eigenvalue weighted by molar-refractivity contribution is 7.89. The lowest BCUT2D eigenvalue weighted by Crippen LogP contribution is -2.22. The number of anilines is 1. The molecule has 1 rings (SSSR count). The fraction of sp³-hybridized carbons (Fsp3) is 0.417. The first kappa shape index (κ1) is 14.7. The predicted molar refractivity (Wildman–Crippen MR) is 71.1 cm³/mol. The third kappa shape index (κ3) is 2.88. The second kappa shape index (κ2) is 5.07. The second-order valence-corrected chi connectivity index (χ2v) is 6.53. The van der Waals surface area contributed by atoms with Crippen LogP contribution in [-0.2, 0) is 14.8 Å². The molecule has 6 heteroatoms. The lowest BCUT2D eigenvalue weighted by molar-refractivity contribution is -0.114. The van der Waals surface area contributed by atoms with Crippen LogP contribution >= 0.6 is 0 Å². The number of hydrogen-bond donors (Lipinski definition) is 1. The van der Waals surface area contributed by atoms with Crippen LogP contribution in [0.1, 0.15) is 18.1 Å². The molecule has 0 unspecified atom stereocenters. The van der Waals surface area contributed by atoms with Crippen LogP contribution in [0.25, 0.3) is 0 Å². The lowest BCUT2D eigenvalue weighted by atomic mass is 10.1. The molecule has 1 amide bonds. The van der Waals surface area contributed by atoms with Gasteiger partial charge in [-0.15, -0.1) is 0 Å². The fourth-order valence-corrected chi connectivity index (χ4v) is 2.52. The van der Waals surface area contributed by atoms with Gasteiger partial charge in [0.1, 0.15) is 0 Å². The standard InChI is InChI=1S/C12H18N2O3S/c1-8-6-11(18(16,17)14(4)5)7-12(9(8)2)13-10(3)15/h6-7H,1-5H3,(H,13,15). The minimum absolute atomic E-state index is 0.180. The van der Waals surface area contributed by atoms with Gasteiger partial charge in [-0.05, 0) is 37.1 Å². The van der Waals surface area contributed by atoms with Gasteiger partial charge in [-0.2, -0.15) is 0 Å². The summed E-state index contributed by atoms with van der Waals surface area (Å²) >= 11 is 0. The molecule has 5 nitrogen and oxygen atoms in total. The molecule has 0 atom stereocenters. The quantitative estimate of drug-likeness (QED) is 0.905. The van der Waals surface area contributed by atoms with Crippen LogP contribution in [0.5, 0.6) is 0 Å². The smallest absolute Gasteiger partial charge is 0.242 e. The highest BCUT2D eigenvalue weighted by Gasteiger charge is 2.19. The Hall–Kier alpha value is -1.40. The Morgan fingerprint density at radius 3 is 2.22 bits per heavy atom. The summed E-state index contributed by atoms with van der Waals surface area (Å²) in [5, 5.41) is 2.64. The van der Waals surface area contributed by atoms with Crippen molar-refractivity contribution >= 4 is 21.6 Å². The summed E-state index contributed by atoms with van der Waals surface area (Å²) in [4.78, 5) is 11.3. The maximum Gasteiger partial charge on any atom is 0.242 e. The first-order valence-corrected chi connectivity index (χ1v) is 6.91. The Labute approximate surface area is 108 Å². The number of aryl methyl sites for hydroxylation is 1. The molecule has 0 heterocycles. The average Bonchev–Trinajstić information content (AvgIpc) is 2.23. The molecule has 100 valence electrons. The van der Waals surface area contributed by atoms with Crippen molar-refractivity contribution in [2.24, 2.45) is 0 Å². The molecule has 0 aliphatic rings. The number of nitrogens with zero attached hydrogens (tertiary/aromatic N) is 1. The summed E-state index contributed by atoms with van der Waals surface area (Å²) in [6, 6.07) is 3.09. The van der Waals surface area contributed by atoms with Crippen molar-refractivity contribution in [1.82, 2.24) is 4.31 Å². The summed E-state index contributed by atoms with van der Waals surface area (Å²) in [5.74, 6) is -0.225. The molecule has 0 aromatic heterocycles. The molecule has 18 heavy (non-hydrogen) atoms. The van der Waals surface area contributed by atoms with Crippen molar-refractivity contribution in [2.45, 2.75) is 25.7 Å². The van der Waals surface area contributed by atoms with E-state index in [2.05, 4.69) is 5.32 Å². The largest absolute Gasteiger partial charge is 0.326 e. The van der Waals surface area contributed by atoms with Crippen molar-refractivity contribution in [1.29, 1.82) is 0 Å². The van der Waals surface area contributed by atoms with Crippen molar-refractivity contribution in [3.05, 3.63) is 23.3 Å². The van der Waals surface area contributed by atoms with Crippen LogP contribution in [0.2, 0.25) is 0 Å². The molecule has 0 radical (unpaired) electrons. The Bertz CT molecular complexity index is 577. The van der Waals surface area contributed by atoms with Crippen molar-refractivity contribution < 1.29 is 13.2 Å². The number of hydrogen-bond acceptors (Lipinski definition) is 3. The Kier molecular flexibility index (Phi) is 4.13. The average molecular weight is 270 g/mol. The van der Waals surface area contributed by atoms with Crippen LogP contribution in [0, 0.1) is 13.8 Å². The van der Waals surface area contributed by atoms with E-state index in [1.165, 1.54) is 27.1 Å². The van der Waals surface area contributed by atoms with Crippen molar-refractivity contribution in [3.8, 4) is 0 Å². The minimum Gasteiger partial charge on any atom is -0.326 e. The number of carbonyl (C=O) groups excluding carboxylic acids is 1. The molecule has 0 aliphatic carbocycles. The fourth-order valence-electron chi connectivity index (χ4n) is 1.51. The van der Waals surface area contributed by atoms with Gasteiger partial charge in [0.2, 0.25) is 15.9 Å². The maximum atomic E-state index is 12.0. The first-order valence-electron chi connectivity index (χ1n) is 5.47. The summed E-state index contributed by atoms with van der Waals surface area (Å²) < 4.78 is 25.2. The minimum atomic E-state index is -3.49. The number of rotatable bonds is 3. The number of amides is 1. The third-order valence-corrected chi connectivity index (χ3v) is 4.52. The predicted octanol–water partition coefficient (Wildman–Crippen LogP) is 1.51. The molecule has 1 aromatic rings. The van der Waals surface area contributed by atoms with Gasteiger partial charge in [0, 0.05) is 26.7 Å². The zero-order valence-corrected chi connectivity index (χ0v) is 12.1. The molecular formula is C12H18N2O3S. The van der Waals surface area contributed by atoms with E-state index in [9.17, 15) is 13.2 Å². The Morgan fingerprint density at radius 2 is 1.78 bits per heavy atom. The van der Waals surface area contributed by atoms with E-state index in [1.807, 2.05) is 13.8 Å². The van der Waals surface area contributed by atoms with Gasteiger partial charge in [-0.25, -0.2) is 12.7 Å². The molecule has 0 saturated carbocycles. The zero-order valence-electron chi connectivity index (χ0n) is 11.2.